The molecule has 1 aliphatic carbocycles. The number of ether oxygens (including phenoxy) is 1. The van der Waals surface area contributed by atoms with Crippen LogP contribution in [0, 0.1) is 10.8 Å². The minimum Gasteiger partial charge on any atom is -0.465 e. The number of carbonyl (C=O) groups is 2. The highest BCUT2D eigenvalue weighted by Gasteiger charge is 2.42. The molecular formula is C42H74N2O4. The van der Waals surface area contributed by atoms with Crippen molar-refractivity contribution < 1.29 is 19.4 Å². The van der Waals surface area contributed by atoms with E-state index in [1.807, 2.05) is 12.1 Å². The van der Waals surface area contributed by atoms with Crippen LogP contribution in [0.25, 0.3) is 0 Å². The Morgan fingerprint density at radius 1 is 0.729 bits per heavy atom. The molecule has 2 amide bonds. The maximum absolute atomic E-state index is 13.2. The van der Waals surface area contributed by atoms with E-state index in [1.54, 1.807) is 0 Å². The van der Waals surface area contributed by atoms with Gasteiger partial charge in [0.15, 0.2) is 0 Å². The largest absolute Gasteiger partial charge is 0.465 e. The molecular weight excluding hydrogens is 596 g/mol. The number of benzene rings is 1. The van der Waals surface area contributed by atoms with Crippen LogP contribution in [0.2, 0.25) is 0 Å². The summed E-state index contributed by atoms with van der Waals surface area (Å²) >= 11 is 0. The van der Waals surface area contributed by atoms with E-state index in [9.17, 15) is 14.7 Å². The van der Waals surface area contributed by atoms with Gasteiger partial charge >= 0.3 is 12.2 Å². The third-order valence-corrected chi connectivity index (χ3v) is 10.4. The molecule has 0 aliphatic heterocycles. The number of nitrogens with one attached hydrogen (secondary N) is 2. The first kappa shape index (κ1) is 41.9. The van der Waals surface area contributed by atoms with Crippen molar-refractivity contribution in [3.8, 4) is 5.75 Å². The van der Waals surface area contributed by atoms with Crippen molar-refractivity contribution >= 4 is 12.2 Å². The second kappa shape index (κ2) is 24.0. The third kappa shape index (κ3) is 18.5. The number of unbranched alkanes of at least 4 members (excludes halogenated alkanes) is 18. The van der Waals surface area contributed by atoms with Crippen LogP contribution < -0.4 is 15.4 Å². The lowest BCUT2D eigenvalue weighted by Gasteiger charge is -2.46. The van der Waals surface area contributed by atoms with Gasteiger partial charge in [0.25, 0.3) is 0 Å². The molecule has 6 heteroatoms. The van der Waals surface area contributed by atoms with Gasteiger partial charge in [0, 0.05) is 12.6 Å². The van der Waals surface area contributed by atoms with Crippen LogP contribution in [-0.2, 0) is 12.8 Å². The number of aryl methyl sites for hydroxylation is 1. The third-order valence-electron chi connectivity index (χ3n) is 10.4. The standard InChI is InChI=1S/C42H74N2O4/c1-6-8-10-12-14-16-18-20-22-24-27-35-28-26-30-38(37(35)29-25-23-21-19-17-15-13-11-9-7-2)48-40(47)43-34-42(5)32-36(44-39(45)46)31-41(3,4)33-42/h26,28,30,36,44H,6-25,27,29,31-34H2,1-5H3,(H,43,47)(H,45,46). The lowest BCUT2D eigenvalue weighted by Crippen LogP contribution is -2.50. The molecule has 0 spiro atoms. The molecule has 0 radical (unpaired) electrons. The predicted octanol–water partition coefficient (Wildman–Crippen LogP) is 12.6. The molecule has 0 saturated heterocycles. The molecule has 1 aromatic rings. The predicted molar refractivity (Wildman–Crippen MR) is 202 cm³/mol. The Balaban J connectivity index is 1.94. The van der Waals surface area contributed by atoms with E-state index in [4.69, 9.17) is 4.74 Å². The molecule has 1 aromatic carbocycles. The maximum atomic E-state index is 13.2. The summed E-state index contributed by atoms with van der Waals surface area (Å²) < 4.78 is 6.05. The Labute approximate surface area is 295 Å². The van der Waals surface area contributed by atoms with Crippen LogP contribution in [0.4, 0.5) is 9.59 Å². The van der Waals surface area contributed by atoms with Crippen molar-refractivity contribution in [3.05, 3.63) is 29.3 Å². The highest BCUT2D eigenvalue weighted by atomic mass is 16.6. The summed E-state index contributed by atoms with van der Waals surface area (Å²) in [7, 11) is 0. The summed E-state index contributed by atoms with van der Waals surface area (Å²) in [6.07, 6.45) is 29.3. The highest BCUT2D eigenvalue weighted by Crippen LogP contribution is 2.45. The Bertz CT molecular complexity index is 1020. The number of rotatable bonds is 26. The van der Waals surface area contributed by atoms with E-state index in [0.29, 0.717) is 18.7 Å². The van der Waals surface area contributed by atoms with Gasteiger partial charge in [-0.25, -0.2) is 9.59 Å². The normalized spacial score (nSPS) is 18.8. The second-order valence-electron chi connectivity index (χ2n) is 16.2. The van der Waals surface area contributed by atoms with Gasteiger partial charge in [0.05, 0.1) is 0 Å². The van der Waals surface area contributed by atoms with Gasteiger partial charge in [0.2, 0.25) is 0 Å². The van der Waals surface area contributed by atoms with Gasteiger partial charge in [-0.1, -0.05) is 162 Å². The first-order valence-corrected chi connectivity index (χ1v) is 20.1. The van der Waals surface area contributed by atoms with Gasteiger partial charge < -0.3 is 20.5 Å². The van der Waals surface area contributed by atoms with Gasteiger partial charge in [-0.15, -0.1) is 0 Å². The van der Waals surface area contributed by atoms with Crippen LogP contribution in [-0.4, -0.2) is 29.9 Å². The zero-order valence-electron chi connectivity index (χ0n) is 31.9. The molecule has 2 atom stereocenters. The summed E-state index contributed by atoms with van der Waals surface area (Å²) in [6.45, 7) is 11.5. The van der Waals surface area contributed by atoms with E-state index < -0.39 is 12.2 Å². The quantitative estimate of drug-likeness (QED) is 0.0856. The first-order chi connectivity index (χ1) is 23.1. The van der Waals surface area contributed by atoms with Crippen LogP contribution in [0.3, 0.4) is 0 Å². The molecule has 0 bridgehead atoms. The van der Waals surface area contributed by atoms with Crippen molar-refractivity contribution in [2.75, 3.05) is 6.54 Å². The number of hydrogen-bond acceptors (Lipinski definition) is 3. The number of hydrogen-bond donors (Lipinski definition) is 3. The molecule has 48 heavy (non-hydrogen) atoms. The fourth-order valence-corrected chi connectivity index (χ4v) is 8.28. The van der Waals surface area contributed by atoms with E-state index in [2.05, 4.69) is 51.3 Å². The molecule has 2 unspecified atom stereocenters. The Morgan fingerprint density at radius 3 is 1.75 bits per heavy atom. The van der Waals surface area contributed by atoms with Crippen molar-refractivity contribution in [1.82, 2.24) is 10.6 Å². The van der Waals surface area contributed by atoms with E-state index in [0.717, 1.165) is 32.1 Å². The minimum absolute atomic E-state index is 0.0170. The van der Waals surface area contributed by atoms with E-state index in [-0.39, 0.29) is 16.9 Å². The Kier molecular flexibility index (Phi) is 21.0. The number of carboxylic acid groups (broad SMARTS) is 1. The van der Waals surface area contributed by atoms with Gasteiger partial charge in [-0.2, -0.15) is 0 Å². The average Bonchev–Trinajstić information content (AvgIpc) is 3.01. The lowest BCUT2D eigenvalue weighted by atomic mass is 9.62. The van der Waals surface area contributed by atoms with Crippen LogP contribution in [0.15, 0.2) is 18.2 Å². The molecule has 1 fully saturated rings. The second-order valence-corrected chi connectivity index (χ2v) is 16.2. The molecule has 1 saturated carbocycles. The monoisotopic (exact) mass is 671 g/mol. The van der Waals surface area contributed by atoms with Gasteiger partial charge in [-0.3, -0.25) is 0 Å². The topological polar surface area (TPSA) is 87.7 Å². The summed E-state index contributed by atoms with van der Waals surface area (Å²) in [5.74, 6) is 0.701. The lowest BCUT2D eigenvalue weighted by molar-refractivity contribution is 0.0695. The van der Waals surface area contributed by atoms with Crippen LogP contribution in [0.1, 0.15) is 193 Å². The fraction of sp³-hybridized carbons (Fsp3) is 0.810. The minimum atomic E-state index is -0.986. The Hall–Kier alpha value is -2.24. The van der Waals surface area contributed by atoms with Crippen molar-refractivity contribution in [1.29, 1.82) is 0 Å². The molecule has 0 heterocycles. The van der Waals surface area contributed by atoms with Gasteiger partial charge in [-0.05, 0) is 73.0 Å². The molecule has 2 rings (SSSR count). The van der Waals surface area contributed by atoms with E-state index in [1.165, 1.54) is 133 Å². The smallest absolute Gasteiger partial charge is 0.412 e. The average molecular weight is 671 g/mol. The maximum Gasteiger partial charge on any atom is 0.412 e. The van der Waals surface area contributed by atoms with Crippen molar-refractivity contribution in [3.63, 3.8) is 0 Å². The van der Waals surface area contributed by atoms with Crippen molar-refractivity contribution in [2.24, 2.45) is 10.8 Å². The number of carbonyl (C=O) groups excluding carboxylic acids is 1. The highest BCUT2D eigenvalue weighted by molar-refractivity contribution is 5.71. The molecule has 3 N–H and O–H groups in total. The summed E-state index contributed by atoms with van der Waals surface area (Å²) in [5, 5.41) is 15.1. The molecule has 276 valence electrons. The SMILES string of the molecule is CCCCCCCCCCCCc1cccc(OC(=O)NCC2(C)CC(NC(=O)O)CC(C)(C)C2)c1CCCCCCCCCCCC. The summed E-state index contributed by atoms with van der Waals surface area (Å²) in [5.41, 5.74) is 2.30. The van der Waals surface area contributed by atoms with Crippen LogP contribution in [0.5, 0.6) is 5.75 Å². The zero-order valence-corrected chi connectivity index (χ0v) is 31.9. The molecule has 6 nitrogen and oxygen atoms in total. The fourth-order valence-electron chi connectivity index (χ4n) is 8.28. The molecule has 0 aromatic heterocycles. The first-order valence-electron chi connectivity index (χ1n) is 20.1. The van der Waals surface area contributed by atoms with Gasteiger partial charge in [0.1, 0.15) is 5.75 Å². The summed E-state index contributed by atoms with van der Waals surface area (Å²) in [6, 6.07) is 6.13. The van der Waals surface area contributed by atoms with E-state index >= 15 is 0 Å². The Morgan fingerprint density at radius 2 is 1.23 bits per heavy atom. The van der Waals surface area contributed by atoms with Crippen molar-refractivity contribution in [2.45, 2.75) is 201 Å². The zero-order chi connectivity index (χ0) is 35.1. The van der Waals surface area contributed by atoms with Crippen LogP contribution >= 0.6 is 0 Å². The summed E-state index contributed by atoms with van der Waals surface area (Å²) in [4.78, 5) is 24.6. The molecule has 1 aliphatic rings. The number of amides is 2.